The van der Waals surface area contributed by atoms with Crippen molar-refractivity contribution in [2.24, 2.45) is 0 Å². The Morgan fingerprint density at radius 3 is 2.83 bits per heavy atom. The molecule has 23 heavy (non-hydrogen) atoms. The average Bonchev–Trinajstić information content (AvgIpc) is 3.39. The van der Waals surface area contributed by atoms with Crippen LogP contribution in [0.3, 0.4) is 0 Å². The van der Waals surface area contributed by atoms with Crippen molar-refractivity contribution in [2.75, 3.05) is 31.1 Å². The number of anilines is 1. The maximum atomic E-state index is 12.3. The number of carbonyl (C=O) groups is 1. The van der Waals surface area contributed by atoms with E-state index in [1.165, 1.54) is 12.8 Å². The molecule has 3 rings (SSSR count). The summed E-state index contributed by atoms with van der Waals surface area (Å²) in [5.41, 5.74) is 0.936. The smallest absolute Gasteiger partial charge is 0.236 e. The number of aryl methyl sites for hydroxylation is 1. The Balaban J connectivity index is 1.50. The first kappa shape index (κ1) is 16.2. The standard InChI is InChI=1S/C17H27N5O/c1-3-22(15-7-8-15)17(23)11-18-14-5-4-10-21(12-14)16-9-6-13(2)19-20-16/h6,9,14-15,18H,3-5,7-8,10-12H2,1-2H3/t14-/m0/s1. The molecule has 1 atom stereocenters. The minimum atomic E-state index is 0.238. The molecular formula is C17H27N5O. The molecule has 0 unspecified atom stereocenters. The lowest BCUT2D eigenvalue weighted by atomic mass is 10.1. The van der Waals surface area contributed by atoms with Crippen LogP contribution < -0.4 is 10.2 Å². The average molecular weight is 317 g/mol. The summed E-state index contributed by atoms with van der Waals surface area (Å²) in [6.07, 6.45) is 4.56. The fraction of sp³-hybridized carbons (Fsp3) is 0.706. The first-order valence-electron chi connectivity index (χ1n) is 8.75. The summed E-state index contributed by atoms with van der Waals surface area (Å²) in [4.78, 5) is 16.6. The molecule has 2 heterocycles. The lowest BCUT2D eigenvalue weighted by Crippen LogP contribution is -2.49. The van der Waals surface area contributed by atoms with Gasteiger partial charge in [0.2, 0.25) is 5.91 Å². The van der Waals surface area contributed by atoms with Gasteiger partial charge in [0, 0.05) is 31.7 Å². The monoisotopic (exact) mass is 317 g/mol. The van der Waals surface area contributed by atoms with Gasteiger partial charge in [-0.15, -0.1) is 5.10 Å². The van der Waals surface area contributed by atoms with E-state index < -0.39 is 0 Å². The van der Waals surface area contributed by atoms with Crippen LogP contribution in [-0.2, 0) is 4.79 Å². The van der Waals surface area contributed by atoms with E-state index in [1.807, 2.05) is 24.0 Å². The first-order valence-corrected chi connectivity index (χ1v) is 8.75. The lowest BCUT2D eigenvalue weighted by molar-refractivity contribution is -0.130. The highest BCUT2D eigenvalue weighted by molar-refractivity contribution is 5.79. The van der Waals surface area contributed by atoms with E-state index in [-0.39, 0.29) is 5.91 Å². The Morgan fingerprint density at radius 2 is 2.17 bits per heavy atom. The largest absolute Gasteiger partial charge is 0.354 e. The maximum Gasteiger partial charge on any atom is 0.236 e. The third kappa shape index (κ3) is 4.19. The zero-order valence-corrected chi connectivity index (χ0v) is 14.2. The van der Waals surface area contributed by atoms with Crippen LogP contribution in [-0.4, -0.2) is 59.3 Å². The lowest BCUT2D eigenvalue weighted by Gasteiger charge is -2.34. The molecule has 1 saturated carbocycles. The molecule has 1 N–H and O–H groups in total. The van der Waals surface area contributed by atoms with E-state index in [1.54, 1.807) is 0 Å². The summed E-state index contributed by atoms with van der Waals surface area (Å²) in [5, 5.41) is 11.9. The Kier molecular flexibility index (Phi) is 5.10. The number of nitrogens with zero attached hydrogens (tertiary/aromatic N) is 4. The highest BCUT2D eigenvalue weighted by Crippen LogP contribution is 2.26. The van der Waals surface area contributed by atoms with Crippen LogP contribution in [0.15, 0.2) is 12.1 Å². The van der Waals surface area contributed by atoms with Gasteiger partial charge in [-0.2, -0.15) is 5.10 Å². The van der Waals surface area contributed by atoms with Crippen molar-refractivity contribution in [3.8, 4) is 0 Å². The molecule has 6 heteroatoms. The number of hydrogen-bond donors (Lipinski definition) is 1. The number of aromatic nitrogens is 2. The van der Waals surface area contributed by atoms with Gasteiger partial charge >= 0.3 is 0 Å². The molecule has 6 nitrogen and oxygen atoms in total. The molecule has 1 aromatic heterocycles. The Labute approximate surface area is 138 Å². The van der Waals surface area contributed by atoms with Crippen molar-refractivity contribution >= 4 is 11.7 Å². The van der Waals surface area contributed by atoms with E-state index in [0.717, 1.165) is 44.0 Å². The van der Waals surface area contributed by atoms with Crippen molar-refractivity contribution in [1.29, 1.82) is 0 Å². The van der Waals surface area contributed by atoms with Crippen molar-refractivity contribution in [3.63, 3.8) is 0 Å². The second kappa shape index (κ2) is 7.25. The van der Waals surface area contributed by atoms with Crippen LogP contribution in [0, 0.1) is 6.92 Å². The highest BCUT2D eigenvalue weighted by Gasteiger charge is 2.31. The van der Waals surface area contributed by atoms with Crippen molar-refractivity contribution in [2.45, 2.75) is 51.6 Å². The fourth-order valence-electron chi connectivity index (χ4n) is 3.27. The van der Waals surface area contributed by atoms with Crippen LogP contribution in [0.1, 0.15) is 38.3 Å². The molecule has 1 aliphatic carbocycles. The van der Waals surface area contributed by atoms with Crippen molar-refractivity contribution in [1.82, 2.24) is 20.4 Å². The Morgan fingerprint density at radius 1 is 1.35 bits per heavy atom. The van der Waals surface area contributed by atoms with E-state index in [2.05, 4.69) is 27.3 Å². The Hall–Kier alpha value is -1.69. The predicted molar refractivity (Wildman–Crippen MR) is 90.4 cm³/mol. The van der Waals surface area contributed by atoms with Crippen LogP contribution in [0.25, 0.3) is 0 Å². The van der Waals surface area contributed by atoms with Gasteiger partial charge in [-0.05, 0) is 51.7 Å². The van der Waals surface area contributed by atoms with E-state index in [9.17, 15) is 4.79 Å². The van der Waals surface area contributed by atoms with Crippen LogP contribution in [0.4, 0.5) is 5.82 Å². The minimum Gasteiger partial charge on any atom is -0.354 e. The molecule has 0 radical (unpaired) electrons. The van der Waals surface area contributed by atoms with Gasteiger partial charge in [0.15, 0.2) is 5.82 Å². The number of likely N-dealkylation sites (N-methyl/N-ethyl adjacent to an activating group) is 1. The third-order valence-electron chi connectivity index (χ3n) is 4.72. The van der Waals surface area contributed by atoms with Crippen LogP contribution in [0.5, 0.6) is 0 Å². The van der Waals surface area contributed by atoms with Crippen molar-refractivity contribution < 1.29 is 4.79 Å². The minimum absolute atomic E-state index is 0.238. The Bertz CT molecular complexity index is 528. The molecule has 0 spiro atoms. The maximum absolute atomic E-state index is 12.3. The van der Waals surface area contributed by atoms with Gasteiger partial charge in [0.25, 0.3) is 0 Å². The second-order valence-corrected chi connectivity index (χ2v) is 6.61. The first-order chi connectivity index (χ1) is 11.2. The molecule has 1 aliphatic heterocycles. The van der Waals surface area contributed by atoms with E-state index in [4.69, 9.17) is 0 Å². The second-order valence-electron chi connectivity index (χ2n) is 6.61. The zero-order chi connectivity index (χ0) is 16.2. The number of piperidine rings is 1. The summed E-state index contributed by atoms with van der Waals surface area (Å²) in [6.45, 7) is 7.17. The molecule has 1 amide bonds. The summed E-state index contributed by atoms with van der Waals surface area (Å²) < 4.78 is 0. The number of hydrogen-bond acceptors (Lipinski definition) is 5. The van der Waals surface area contributed by atoms with Gasteiger partial charge in [0.05, 0.1) is 12.2 Å². The topological polar surface area (TPSA) is 61.4 Å². The molecule has 126 valence electrons. The SMILES string of the molecule is CCN(C(=O)CN[C@H]1CCCN(c2ccc(C)nn2)C1)C1CC1. The number of amides is 1. The van der Waals surface area contributed by atoms with E-state index >= 15 is 0 Å². The third-order valence-corrected chi connectivity index (χ3v) is 4.72. The number of nitrogens with one attached hydrogen (secondary N) is 1. The van der Waals surface area contributed by atoms with Gasteiger partial charge < -0.3 is 15.1 Å². The van der Waals surface area contributed by atoms with Crippen LogP contribution >= 0.6 is 0 Å². The zero-order valence-electron chi connectivity index (χ0n) is 14.2. The molecule has 1 aromatic rings. The number of carbonyl (C=O) groups excluding carboxylic acids is 1. The molecule has 0 aromatic carbocycles. The summed E-state index contributed by atoms with van der Waals surface area (Å²) in [7, 11) is 0. The molecular weight excluding hydrogens is 290 g/mol. The molecule has 0 bridgehead atoms. The van der Waals surface area contributed by atoms with Gasteiger partial charge in [0.1, 0.15) is 0 Å². The summed E-state index contributed by atoms with van der Waals surface area (Å²) in [5.74, 6) is 1.17. The molecule has 2 aliphatic rings. The van der Waals surface area contributed by atoms with Crippen molar-refractivity contribution in [3.05, 3.63) is 17.8 Å². The predicted octanol–water partition coefficient (Wildman–Crippen LogP) is 1.35. The summed E-state index contributed by atoms with van der Waals surface area (Å²) >= 11 is 0. The normalized spacial score (nSPS) is 21.3. The summed E-state index contributed by atoms with van der Waals surface area (Å²) in [6, 6.07) is 4.87. The van der Waals surface area contributed by atoms with Gasteiger partial charge in [-0.1, -0.05) is 0 Å². The molecule has 2 fully saturated rings. The molecule has 1 saturated heterocycles. The van der Waals surface area contributed by atoms with Gasteiger partial charge in [-0.3, -0.25) is 4.79 Å². The van der Waals surface area contributed by atoms with E-state index in [0.29, 0.717) is 18.6 Å². The van der Waals surface area contributed by atoms with Gasteiger partial charge in [-0.25, -0.2) is 0 Å². The highest BCUT2D eigenvalue weighted by atomic mass is 16.2. The quantitative estimate of drug-likeness (QED) is 0.858. The fourth-order valence-corrected chi connectivity index (χ4v) is 3.27. The van der Waals surface area contributed by atoms with Crippen LogP contribution in [0.2, 0.25) is 0 Å². The number of rotatable bonds is 6.